The van der Waals surface area contributed by atoms with Crippen molar-refractivity contribution in [3.05, 3.63) is 34.6 Å². The Bertz CT molecular complexity index is 319. The highest BCUT2D eigenvalue weighted by Gasteiger charge is 2.04. The molecule has 0 saturated heterocycles. The summed E-state index contributed by atoms with van der Waals surface area (Å²) in [6.45, 7) is 2.81. The van der Waals surface area contributed by atoms with Crippen LogP contribution >= 0.6 is 23.4 Å². The standard InChI is InChI=1S/C11H15ClFNS/c1-8(5-14)6-15-7-9-2-3-10(13)4-11(9)12/h2-4,8H,5-7,14H2,1H3. The van der Waals surface area contributed by atoms with Gasteiger partial charge >= 0.3 is 0 Å². The van der Waals surface area contributed by atoms with Crippen molar-refractivity contribution in [2.24, 2.45) is 11.7 Å². The summed E-state index contributed by atoms with van der Waals surface area (Å²) in [5.74, 6) is 2.03. The van der Waals surface area contributed by atoms with Gasteiger partial charge in [0.1, 0.15) is 5.82 Å². The molecule has 15 heavy (non-hydrogen) atoms. The van der Waals surface area contributed by atoms with Crippen LogP contribution in [0.4, 0.5) is 4.39 Å². The monoisotopic (exact) mass is 247 g/mol. The molecule has 1 atom stereocenters. The predicted octanol–water partition coefficient (Wildman–Crippen LogP) is 3.31. The molecule has 1 unspecified atom stereocenters. The quantitative estimate of drug-likeness (QED) is 0.864. The first-order valence-corrected chi connectivity index (χ1v) is 6.38. The zero-order chi connectivity index (χ0) is 11.3. The molecule has 0 heterocycles. The van der Waals surface area contributed by atoms with Gasteiger partial charge in [0.05, 0.1) is 0 Å². The molecule has 0 amide bonds. The third kappa shape index (κ3) is 4.41. The molecule has 0 aliphatic heterocycles. The molecular weight excluding hydrogens is 233 g/mol. The van der Waals surface area contributed by atoms with E-state index in [1.54, 1.807) is 17.8 Å². The number of halogens is 2. The number of hydrogen-bond donors (Lipinski definition) is 1. The molecule has 0 fully saturated rings. The van der Waals surface area contributed by atoms with Crippen LogP contribution in [-0.2, 0) is 5.75 Å². The van der Waals surface area contributed by atoms with Crippen LogP contribution in [0, 0.1) is 11.7 Å². The molecule has 0 aliphatic carbocycles. The predicted molar refractivity (Wildman–Crippen MR) is 65.8 cm³/mol. The Morgan fingerprint density at radius 2 is 2.27 bits per heavy atom. The summed E-state index contributed by atoms with van der Waals surface area (Å²) >= 11 is 7.67. The maximum Gasteiger partial charge on any atom is 0.124 e. The van der Waals surface area contributed by atoms with E-state index in [0.717, 1.165) is 17.1 Å². The van der Waals surface area contributed by atoms with Crippen LogP contribution in [0.5, 0.6) is 0 Å². The van der Waals surface area contributed by atoms with Crippen molar-refractivity contribution in [1.82, 2.24) is 0 Å². The molecule has 1 aromatic carbocycles. The van der Waals surface area contributed by atoms with Crippen molar-refractivity contribution >= 4 is 23.4 Å². The van der Waals surface area contributed by atoms with Crippen molar-refractivity contribution in [2.75, 3.05) is 12.3 Å². The normalized spacial score (nSPS) is 12.8. The lowest BCUT2D eigenvalue weighted by atomic mass is 10.2. The van der Waals surface area contributed by atoms with E-state index in [0.29, 0.717) is 17.5 Å². The fraction of sp³-hybridized carbons (Fsp3) is 0.455. The lowest BCUT2D eigenvalue weighted by Gasteiger charge is -2.08. The highest BCUT2D eigenvalue weighted by molar-refractivity contribution is 7.98. The van der Waals surface area contributed by atoms with Gasteiger partial charge < -0.3 is 5.73 Å². The molecule has 0 aliphatic rings. The lowest BCUT2D eigenvalue weighted by Crippen LogP contribution is -2.12. The van der Waals surface area contributed by atoms with Gasteiger partial charge in [-0.25, -0.2) is 4.39 Å². The highest BCUT2D eigenvalue weighted by atomic mass is 35.5. The fourth-order valence-electron chi connectivity index (χ4n) is 1.08. The van der Waals surface area contributed by atoms with Gasteiger partial charge in [-0.3, -0.25) is 0 Å². The molecule has 4 heteroatoms. The summed E-state index contributed by atoms with van der Waals surface area (Å²) in [6, 6.07) is 4.52. The van der Waals surface area contributed by atoms with Crippen molar-refractivity contribution in [3.8, 4) is 0 Å². The largest absolute Gasteiger partial charge is 0.330 e. The Labute approximate surface area is 99.2 Å². The van der Waals surface area contributed by atoms with Gasteiger partial charge in [0.15, 0.2) is 0 Å². The van der Waals surface area contributed by atoms with Crippen LogP contribution in [0.25, 0.3) is 0 Å². The second kappa shape index (κ2) is 6.36. The van der Waals surface area contributed by atoms with Crippen LogP contribution in [0.2, 0.25) is 5.02 Å². The van der Waals surface area contributed by atoms with Gasteiger partial charge in [-0.2, -0.15) is 11.8 Å². The number of thioether (sulfide) groups is 1. The summed E-state index contributed by atoms with van der Waals surface area (Å²) in [7, 11) is 0. The minimum absolute atomic E-state index is 0.288. The molecule has 0 radical (unpaired) electrons. The topological polar surface area (TPSA) is 26.0 Å². The van der Waals surface area contributed by atoms with Gasteiger partial charge in [0.25, 0.3) is 0 Å². The maximum atomic E-state index is 12.7. The molecular formula is C11H15ClFNS. The van der Waals surface area contributed by atoms with E-state index in [1.165, 1.54) is 12.1 Å². The van der Waals surface area contributed by atoms with Crippen LogP contribution in [0.3, 0.4) is 0 Å². The van der Waals surface area contributed by atoms with E-state index in [-0.39, 0.29) is 5.82 Å². The number of nitrogens with two attached hydrogens (primary N) is 1. The van der Waals surface area contributed by atoms with Gasteiger partial charge in [0, 0.05) is 10.8 Å². The molecule has 84 valence electrons. The summed E-state index contributed by atoms with van der Waals surface area (Å²) in [5.41, 5.74) is 6.49. The van der Waals surface area contributed by atoms with Crippen molar-refractivity contribution in [1.29, 1.82) is 0 Å². The summed E-state index contributed by atoms with van der Waals surface area (Å²) in [4.78, 5) is 0. The Balaban J connectivity index is 2.44. The molecule has 1 aromatic rings. The van der Waals surface area contributed by atoms with Crippen LogP contribution in [-0.4, -0.2) is 12.3 Å². The smallest absolute Gasteiger partial charge is 0.124 e. The summed E-state index contributed by atoms with van der Waals surface area (Å²) in [6.07, 6.45) is 0. The summed E-state index contributed by atoms with van der Waals surface area (Å²) < 4.78 is 12.7. The van der Waals surface area contributed by atoms with Crippen molar-refractivity contribution in [3.63, 3.8) is 0 Å². The lowest BCUT2D eigenvalue weighted by molar-refractivity contribution is 0.627. The molecule has 2 N–H and O–H groups in total. The zero-order valence-corrected chi connectivity index (χ0v) is 10.2. The number of benzene rings is 1. The molecule has 1 nitrogen and oxygen atoms in total. The average molecular weight is 248 g/mol. The molecule has 1 rings (SSSR count). The number of rotatable bonds is 5. The molecule has 0 aromatic heterocycles. The van der Waals surface area contributed by atoms with Gasteiger partial charge in [0.2, 0.25) is 0 Å². The Hall–Kier alpha value is -0.250. The van der Waals surface area contributed by atoms with E-state index in [9.17, 15) is 4.39 Å². The van der Waals surface area contributed by atoms with E-state index >= 15 is 0 Å². The van der Waals surface area contributed by atoms with Gasteiger partial charge in [-0.15, -0.1) is 0 Å². The van der Waals surface area contributed by atoms with E-state index in [1.807, 2.05) is 0 Å². The third-order valence-electron chi connectivity index (χ3n) is 2.08. The molecule has 0 spiro atoms. The Kier molecular flexibility index (Phi) is 5.43. The molecule has 0 bridgehead atoms. The fourth-order valence-corrected chi connectivity index (χ4v) is 2.52. The first-order chi connectivity index (χ1) is 7.13. The van der Waals surface area contributed by atoms with Crippen LogP contribution < -0.4 is 5.73 Å². The third-order valence-corrected chi connectivity index (χ3v) is 3.75. The van der Waals surface area contributed by atoms with Crippen LogP contribution in [0.1, 0.15) is 12.5 Å². The maximum absolute atomic E-state index is 12.7. The zero-order valence-electron chi connectivity index (χ0n) is 8.67. The Morgan fingerprint density at radius 1 is 1.53 bits per heavy atom. The highest BCUT2D eigenvalue weighted by Crippen LogP contribution is 2.23. The van der Waals surface area contributed by atoms with E-state index < -0.39 is 0 Å². The van der Waals surface area contributed by atoms with Gasteiger partial charge in [-0.1, -0.05) is 24.6 Å². The minimum Gasteiger partial charge on any atom is -0.330 e. The van der Waals surface area contributed by atoms with Crippen molar-refractivity contribution in [2.45, 2.75) is 12.7 Å². The first kappa shape index (κ1) is 12.8. The van der Waals surface area contributed by atoms with Gasteiger partial charge in [-0.05, 0) is 35.9 Å². The first-order valence-electron chi connectivity index (χ1n) is 4.85. The van der Waals surface area contributed by atoms with Crippen LogP contribution in [0.15, 0.2) is 18.2 Å². The second-order valence-corrected chi connectivity index (χ2v) is 5.03. The van der Waals surface area contributed by atoms with Crippen molar-refractivity contribution < 1.29 is 4.39 Å². The Morgan fingerprint density at radius 3 is 2.87 bits per heavy atom. The molecule has 0 saturated carbocycles. The average Bonchev–Trinajstić information content (AvgIpc) is 2.21. The van der Waals surface area contributed by atoms with E-state index in [4.69, 9.17) is 17.3 Å². The summed E-state index contributed by atoms with van der Waals surface area (Å²) in [5, 5.41) is 0.503. The minimum atomic E-state index is -0.288. The number of hydrogen-bond acceptors (Lipinski definition) is 2. The van der Waals surface area contributed by atoms with E-state index in [2.05, 4.69) is 6.92 Å². The SMILES string of the molecule is CC(CN)CSCc1ccc(F)cc1Cl. The second-order valence-electron chi connectivity index (χ2n) is 3.59.